The topological polar surface area (TPSA) is 55.3 Å². The van der Waals surface area contributed by atoms with Crippen molar-refractivity contribution in [3.05, 3.63) is 24.3 Å². The molecule has 5 heteroatoms. The Morgan fingerprint density at radius 1 is 1.47 bits per heavy atom. The Balaban J connectivity index is 2.73. The first-order valence-electron chi connectivity index (χ1n) is 4.60. The number of rotatable bonds is 3. The predicted molar refractivity (Wildman–Crippen MR) is 55.2 cm³/mol. The fourth-order valence-electron chi connectivity index (χ4n) is 0.782. The van der Waals surface area contributed by atoms with Gasteiger partial charge in [0.25, 0.3) is 0 Å². The molecule has 1 aromatic heterocycles. The first-order valence-corrected chi connectivity index (χ1v) is 4.60. The Morgan fingerprint density at radius 2 is 2.13 bits per heavy atom. The Kier molecular flexibility index (Phi) is 3.36. The summed E-state index contributed by atoms with van der Waals surface area (Å²) in [6.45, 7) is 3.62. The van der Waals surface area contributed by atoms with E-state index in [9.17, 15) is 4.79 Å². The number of ether oxygens (including phenoxy) is 1. The molecule has 0 spiro atoms. The van der Waals surface area contributed by atoms with Crippen LogP contribution in [0.25, 0.3) is 0 Å². The van der Waals surface area contributed by atoms with Crippen LogP contribution in [-0.4, -0.2) is 40.7 Å². The van der Waals surface area contributed by atoms with E-state index in [4.69, 9.17) is 4.74 Å². The van der Waals surface area contributed by atoms with E-state index in [0.717, 1.165) is 0 Å². The molecule has 0 saturated heterocycles. The molecule has 1 rings (SSSR count). The van der Waals surface area contributed by atoms with Crippen molar-refractivity contribution >= 4 is 5.97 Å². The summed E-state index contributed by atoms with van der Waals surface area (Å²) in [5, 5.41) is 0. The third-order valence-electron chi connectivity index (χ3n) is 2.21. The lowest BCUT2D eigenvalue weighted by molar-refractivity contribution is -0.0729. The van der Waals surface area contributed by atoms with Gasteiger partial charge in [-0.1, -0.05) is 0 Å². The third kappa shape index (κ3) is 2.99. The van der Waals surface area contributed by atoms with Crippen LogP contribution in [0.15, 0.2) is 18.6 Å². The van der Waals surface area contributed by atoms with Crippen molar-refractivity contribution in [1.29, 1.82) is 0 Å². The smallest absolute Gasteiger partial charge is 0.358 e. The van der Waals surface area contributed by atoms with Crippen LogP contribution in [-0.2, 0) is 4.74 Å². The molecule has 0 aliphatic carbocycles. The maximum absolute atomic E-state index is 11.6. The molecule has 1 heterocycles. The summed E-state index contributed by atoms with van der Waals surface area (Å²) in [4.78, 5) is 21.0. The molecular formula is C10H15N3O2. The van der Waals surface area contributed by atoms with Gasteiger partial charge in [0, 0.05) is 6.20 Å². The number of aromatic nitrogens is 2. The molecule has 0 fully saturated rings. The zero-order valence-corrected chi connectivity index (χ0v) is 9.39. The average molecular weight is 209 g/mol. The summed E-state index contributed by atoms with van der Waals surface area (Å²) in [5.74, 6) is -0.448. The maximum atomic E-state index is 11.6. The van der Waals surface area contributed by atoms with Crippen molar-refractivity contribution in [1.82, 2.24) is 14.9 Å². The van der Waals surface area contributed by atoms with E-state index in [-0.39, 0.29) is 5.69 Å². The number of nitrogens with zero attached hydrogens (tertiary/aromatic N) is 3. The molecule has 0 aliphatic heterocycles. The van der Waals surface area contributed by atoms with Gasteiger partial charge < -0.3 is 4.74 Å². The number of hydrogen-bond donors (Lipinski definition) is 0. The van der Waals surface area contributed by atoms with Crippen LogP contribution in [0.5, 0.6) is 0 Å². The van der Waals surface area contributed by atoms with E-state index < -0.39 is 11.7 Å². The van der Waals surface area contributed by atoms with Gasteiger partial charge in [0.05, 0.1) is 0 Å². The van der Waals surface area contributed by atoms with Crippen molar-refractivity contribution in [3.63, 3.8) is 0 Å². The van der Waals surface area contributed by atoms with Gasteiger partial charge in [-0.25, -0.2) is 14.8 Å². The van der Waals surface area contributed by atoms with E-state index in [0.29, 0.717) is 0 Å². The van der Waals surface area contributed by atoms with E-state index in [1.807, 2.05) is 32.8 Å². The van der Waals surface area contributed by atoms with Crippen LogP contribution in [0.3, 0.4) is 0 Å². The van der Waals surface area contributed by atoms with Gasteiger partial charge in [0.2, 0.25) is 0 Å². The largest absolute Gasteiger partial charge is 0.440 e. The van der Waals surface area contributed by atoms with E-state index >= 15 is 0 Å². The summed E-state index contributed by atoms with van der Waals surface area (Å²) in [6.07, 6.45) is 2.82. The second-order valence-corrected chi connectivity index (χ2v) is 3.83. The average Bonchev–Trinajstić information content (AvgIpc) is 2.18. The van der Waals surface area contributed by atoms with Crippen LogP contribution >= 0.6 is 0 Å². The molecule has 0 aromatic carbocycles. The predicted octanol–water partition coefficient (Wildman–Crippen LogP) is 0.931. The minimum atomic E-state index is -0.651. The van der Waals surface area contributed by atoms with E-state index in [2.05, 4.69) is 9.97 Å². The highest BCUT2D eigenvalue weighted by Gasteiger charge is 2.26. The highest BCUT2D eigenvalue weighted by molar-refractivity contribution is 5.87. The SMILES string of the molecule is CN(C)C(C)(C)OC(=O)c1ccncn1. The lowest BCUT2D eigenvalue weighted by atomic mass is 10.3. The Labute approximate surface area is 89.1 Å². The molecule has 0 radical (unpaired) electrons. The lowest BCUT2D eigenvalue weighted by Gasteiger charge is -2.31. The lowest BCUT2D eigenvalue weighted by Crippen LogP contribution is -2.42. The molecule has 15 heavy (non-hydrogen) atoms. The summed E-state index contributed by atoms with van der Waals surface area (Å²) in [7, 11) is 3.68. The second kappa shape index (κ2) is 4.35. The van der Waals surface area contributed by atoms with Crippen molar-refractivity contribution < 1.29 is 9.53 Å². The molecular weight excluding hydrogens is 194 g/mol. The van der Waals surface area contributed by atoms with Gasteiger partial charge in [-0.3, -0.25) is 4.90 Å². The van der Waals surface area contributed by atoms with Crippen molar-refractivity contribution in [2.75, 3.05) is 14.1 Å². The summed E-state index contributed by atoms with van der Waals surface area (Å²) >= 11 is 0. The minimum absolute atomic E-state index is 0.264. The van der Waals surface area contributed by atoms with Crippen molar-refractivity contribution in [3.8, 4) is 0 Å². The van der Waals surface area contributed by atoms with Crippen LogP contribution in [0.1, 0.15) is 24.3 Å². The quantitative estimate of drug-likeness (QED) is 0.547. The monoisotopic (exact) mass is 209 g/mol. The Morgan fingerprint density at radius 3 is 2.60 bits per heavy atom. The number of hydrogen-bond acceptors (Lipinski definition) is 5. The van der Waals surface area contributed by atoms with Crippen LogP contribution in [0, 0.1) is 0 Å². The molecule has 0 atom stereocenters. The second-order valence-electron chi connectivity index (χ2n) is 3.83. The van der Waals surface area contributed by atoms with Gasteiger partial charge in [-0.15, -0.1) is 0 Å². The first kappa shape index (κ1) is 11.6. The summed E-state index contributed by atoms with van der Waals surface area (Å²) in [6, 6.07) is 1.52. The van der Waals surface area contributed by atoms with Crippen LogP contribution in [0.2, 0.25) is 0 Å². The van der Waals surface area contributed by atoms with Crippen LogP contribution in [0.4, 0.5) is 0 Å². The normalized spacial score (nSPS) is 11.5. The molecule has 0 unspecified atom stereocenters. The molecule has 0 aliphatic rings. The number of carbonyl (C=O) groups is 1. The zero-order chi connectivity index (χ0) is 11.5. The first-order chi connectivity index (χ1) is 6.93. The van der Waals surface area contributed by atoms with Gasteiger partial charge in [-0.05, 0) is 34.0 Å². The number of esters is 1. The van der Waals surface area contributed by atoms with Crippen molar-refractivity contribution in [2.45, 2.75) is 19.6 Å². The molecule has 0 bridgehead atoms. The molecule has 5 nitrogen and oxygen atoms in total. The summed E-state index contributed by atoms with van der Waals surface area (Å²) < 4.78 is 5.28. The minimum Gasteiger partial charge on any atom is -0.440 e. The molecule has 0 saturated carbocycles. The highest BCUT2D eigenvalue weighted by atomic mass is 16.6. The fraction of sp³-hybridized carbons (Fsp3) is 0.500. The Hall–Kier alpha value is -1.49. The maximum Gasteiger partial charge on any atom is 0.358 e. The molecule has 1 aromatic rings. The summed E-state index contributed by atoms with van der Waals surface area (Å²) in [5.41, 5.74) is -0.387. The number of carbonyl (C=O) groups excluding carboxylic acids is 1. The van der Waals surface area contributed by atoms with E-state index in [1.165, 1.54) is 18.6 Å². The van der Waals surface area contributed by atoms with Gasteiger partial charge in [0.1, 0.15) is 6.33 Å². The van der Waals surface area contributed by atoms with Gasteiger partial charge in [-0.2, -0.15) is 0 Å². The van der Waals surface area contributed by atoms with E-state index in [1.54, 1.807) is 0 Å². The fourth-order valence-corrected chi connectivity index (χ4v) is 0.782. The molecule has 0 amide bonds. The standard InChI is InChI=1S/C10H15N3O2/c1-10(2,13(3)4)15-9(14)8-5-6-11-7-12-8/h5-7H,1-4H3. The molecule has 82 valence electrons. The zero-order valence-electron chi connectivity index (χ0n) is 9.39. The van der Waals surface area contributed by atoms with Crippen molar-refractivity contribution in [2.24, 2.45) is 0 Å². The third-order valence-corrected chi connectivity index (χ3v) is 2.21. The van der Waals surface area contributed by atoms with Crippen LogP contribution < -0.4 is 0 Å². The van der Waals surface area contributed by atoms with Gasteiger partial charge >= 0.3 is 5.97 Å². The highest BCUT2D eigenvalue weighted by Crippen LogP contribution is 2.13. The molecule has 0 N–H and O–H groups in total. The Bertz CT molecular complexity index is 336. The van der Waals surface area contributed by atoms with Gasteiger partial charge in [0.15, 0.2) is 11.4 Å².